The highest BCUT2D eigenvalue weighted by molar-refractivity contribution is 5.95. The molecule has 0 saturated heterocycles. The van der Waals surface area contributed by atoms with Gasteiger partial charge in [0, 0.05) is 24.8 Å². The molecular formula is C24H23NO2. The molecule has 27 heavy (non-hydrogen) atoms. The van der Waals surface area contributed by atoms with Crippen LogP contribution in [0.5, 0.6) is 0 Å². The number of nitrogens with zero attached hydrogens (tertiary/aromatic N) is 1. The van der Waals surface area contributed by atoms with E-state index in [0.717, 1.165) is 28.9 Å². The van der Waals surface area contributed by atoms with Crippen molar-refractivity contribution in [3.63, 3.8) is 0 Å². The molecule has 1 aliphatic heterocycles. The van der Waals surface area contributed by atoms with Gasteiger partial charge in [0.25, 0.3) is 0 Å². The van der Waals surface area contributed by atoms with E-state index in [2.05, 4.69) is 42.2 Å². The summed E-state index contributed by atoms with van der Waals surface area (Å²) in [5.74, 6) is -0.246. The monoisotopic (exact) mass is 357 g/mol. The minimum Gasteiger partial charge on any atom is -0.449 e. The highest BCUT2D eigenvalue weighted by Crippen LogP contribution is 2.38. The Bertz CT molecular complexity index is 992. The number of benzene rings is 3. The molecule has 3 heteroatoms. The van der Waals surface area contributed by atoms with E-state index in [0.29, 0.717) is 5.56 Å². The number of fused-ring (bicyclic) bond motifs is 1. The minimum absolute atomic E-state index is 0.246. The molecule has 0 aromatic heterocycles. The Kier molecular flexibility index (Phi) is 4.44. The van der Waals surface area contributed by atoms with Crippen LogP contribution in [0.1, 0.15) is 44.3 Å². The average Bonchev–Trinajstić information content (AvgIpc) is 3.00. The fraction of sp³-hybridized carbons (Fsp3) is 0.208. The molecule has 0 spiro atoms. The number of anilines is 1. The first-order valence-corrected chi connectivity index (χ1v) is 9.20. The fourth-order valence-electron chi connectivity index (χ4n) is 3.59. The van der Waals surface area contributed by atoms with Gasteiger partial charge in [0.15, 0.2) is 6.10 Å². The summed E-state index contributed by atoms with van der Waals surface area (Å²) in [6.45, 7) is 4.92. The van der Waals surface area contributed by atoms with E-state index < -0.39 is 0 Å². The summed E-state index contributed by atoms with van der Waals surface area (Å²) in [6, 6.07) is 22.6. The Balaban J connectivity index is 1.62. The van der Waals surface area contributed by atoms with E-state index in [1.807, 2.05) is 50.4 Å². The van der Waals surface area contributed by atoms with Crippen LogP contribution < -0.4 is 4.90 Å². The van der Waals surface area contributed by atoms with Gasteiger partial charge in [0.2, 0.25) is 0 Å². The summed E-state index contributed by atoms with van der Waals surface area (Å²) in [7, 11) is 2.04. The van der Waals surface area contributed by atoms with Crippen molar-refractivity contribution < 1.29 is 9.53 Å². The maximum absolute atomic E-state index is 12.5. The number of ether oxygens (including phenoxy) is 1. The quantitative estimate of drug-likeness (QED) is 0.601. The van der Waals surface area contributed by atoms with Gasteiger partial charge in [-0.15, -0.1) is 0 Å². The maximum Gasteiger partial charge on any atom is 0.339 e. The van der Waals surface area contributed by atoms with Crippen LogP contribution in [0.15, 0.2) is 66.7 Å². The van der Waals surface area contributed by atoms with Crippen molar-refractivity contribution in [3.8, 4) is 0 Å². The Hall–Kier alpha value is -3.07. The molecule has 0 saturated carbocycles. The zero-order chi connectivity index (χ0) is 19.0. The van der Waals surface area contributed by atoms with Crippen molar-refractivity contribution >= 4 is 11.7 Å². The summed E-state index contributed by atoms with van der Waals surface area (Å²) >= 11 is 0. The fourth-order valence-corrected chi connectivity index (χ4v) is 3.59. The van der Waals surface area contributed by atoms with Crippen LogP contribution in [0.25, 0.3) is 0 Å². The van der Waals surface area contributed by atoms with Crippen molar-refractivity contribution in [2.24, 2.45) is 0 Å². The number of hydrogen-bond acceptors (Lipinski definition) is 3. The molecule has 0 fully saturated rings. The molecule has 0 bridgehead atoms. The van der Waals surface area contributed by atoms with E-state index in [1.165, 1.54) is 11.1 Å². The van der Waals surface area contributed by atoms with Crippen molar-refractivity contribution in [2.45, 2.75) is 26.5 Å². The van der Waals surface area contributed by atoms with Crippen LogP contribution in [0, 0.1) is 13.8 Å². The van der Waals surface area contributed by atoms with Gasteiger partial charge in [-0.2, -0.15) is 0 Å². The van der Waals surface area contributed by atoms with E-state index in [-0.39, 0.29) is 12.1 Å². The number of esters is 1. The number of hydrogen-bond donors (Lipinski definition) is 0. The standard InChI is InChI=1S/C24H23NO2/c1-16-8-10-18(11-9-16)15-25(3)19-12-13-21-22(14-19)24(26)27-23(21)20-7-5-4-6-17(20)2/h4-14,23H,15H2,1-3H3. The molecule has 136 valence electrons. The molecule has 1 aliphatic rings. The molecule has 3 aromatic carbocycles. The Morgan fingerprint density at radius 1 is 0.926 bits per heavy atom. The van der Waals surface area contributed by atoms with Crippen LogP contribution in [0.2, 0.25) is 0 Å². The summed E-state index contributed by atoms with van der Waals surface area (Å²) in [6.07, 6.45) is -0.315. The molecule has 1 unspecified atom stereocenters. The maximum atomic E-state index is 12.5. The molecule has 1 atom stereocenters. The van der Waals surface area contributed by atoms with Gasteiger partial charge in [-0.05, 0) is 42.7 Å². The molecule has 0 radical (unpaired) electrons. The van der Waals surface area contributed by atoms with Gasteiger partial charge in [0.05, 0.1) is 5.56 Å². The topological polar surface area (TPSA) is 29.5 Å². The summed E-state index contributed by atoms with van der Waals surface area (Å²) < 4.78 is 5.71. The Morgan fingerprint density at radius 3 is 2.41 bits per heavy atom. The number of carbonyl (C=O) groups excluding carboxylic acids is 1. The predicted molar refractivity (Wildman–Crippen MR) is 108 cm³/mol. The van der Waals surface area contributed by atoms with Crippen LogP contribution in [0.3, 0.4) is 0 Å². The number of rotatable bonds is 4. The normalized spacial score (nSPS) is 15.4. The van der Waals surface area contributed by atoms with Gasteiger partial charge in [-0.25, -0.2) is 4.79 Å². The molecule has 1 heterocycles. The van der Waals surface area contributed by atoms with Gasteiger partial charge in [-0.1, -0.05) is 60.2 Å². The Labute approximate surface area is 160 Å². The second kappa shape index (κ2) is 6.92. The third kappa shape index (κ3) is 3.33. The van der Waals surface area contributed by atoms with Gasteiger partial charge in [0.1, 0.15) is 0 Å². The lowest BCUT2D eigenvalue weighted by Gasteiger charge is -2.20. The number of aryl methyl sites for hydroxylation is 2. The van der Waals surface area contributed by atoms with Crippen molar-refractivity contribution in [3.05, 3.63) is 100 Å². The van der Waals surface area contributed by atoms with Crippen molar-refractivity contribution in [2.75, 3.05) is 11.9 Å². The molecule has 4 rings (SSSR count). The van der Waals surface area contributed by atoms with E-state index in [4.69, 9.17) is 4.74 Å². The summed E-state index contributed by atoms with van der Waals surface area (Å²) in [5, 5.41) is 0. The molecule has 0 aliphatic carbocycles. The smallest absolute Gasteiger partial charge is 0.339 e. The predicted octanol–water partition coefficient (Wildman–Crippen LogP) is 5.20. The molecule has 3 nitrogen and oxygen atoms in total. The van der Waals surface area contributed by atoms with Crippen LogP contribution in [-0.2, 0) is 11.3 Å². The lowest BCUT2D eigenvalue weighted by atomic mass is 9.95. The molecule has 3 aromatic rings. The Morgan fingerprint density at radius 2 is 1.67 bits per heavy atom. The minimum atomic E-state index is -0.315. The van der Waals surface area contributed by atoms with Crippen molar-refractivity contribution in [1.29, 1.82) is 0 Å². The first kappa shape index (κ1) is 17.3. The molecular weight excluding hydrogens is 334 g/mol. The SMILES string of the molecule is Cc1ccc(CN(C)c2ccc3c(c2)C(=O)OC3c2ccccc2C)cc1. The second-order valence-corrected chi connectivity index (χ2v) is 7.26. The van der Waals surface area contributed by atoms with E-state index in [9.17, 15) is 4.79 Å². The van der Waals surface area contributed by atoms with Crippen LogP contribution in [0.4, 0.5) is 5.69 Å². The summed E-state index contributed by atoms with van der Waals surface area (Å²) in [5.41, 5.74) is 7.29. The van der Waals surface area contributed by atoms with E-state index in [1.54, 1.807) is 0 Å². The lowest BCUT2D eigenvalue weighted by Crippen LogP contribution is -2.16. The third-order valence-electron chi connectivity index (χ3n) is 5.22. The highest BCUT2D eigenvalue weighted by atomic mass is 16.5. The van der Waals surface area contributed by atoms with Crippen molar-refractivity contribution in [1.82, 2.24) is 0 Å². The van der Waals surface area contributed by atoms with Gasteiger partial charge in [-0.3, -0.25) is 0 Å². The van der Waals surface area contributed by atoms with Crippen LogP contribution >= 0.6 is 0 Å². The van der Waals surface area contributed by atoms with Crippen LogP contribution in [-0.4, -0.2) is 13.0 Å². The molecule has 0 N–H and O–H groups in total. The zero-order valence-corrected chi connectivity index (χ0v) is 15.9. The third-order valence-corrected chi connectivity index (χ3v) is 5.22. The number of carbonyl (C=O) groups is 1. The number of cyclic esters (lactones) is 1. The van der Waals surface area contributed by atoms with E-state index >= 15 is 0 Å². The first-order chi connectivity index (χ1) is 13.0. The highest BCUT2D eigenvalue weighted by Gasteiger charge is 2.33. The first-order valence-electron chi connectivity index (χ1n) is 9.20. The summed E-state index contributed by atoms with van der Waals surface area (Å²) in [4.78, 5) is 14.6. The second-order valence-electron chi connectivity index (χ2n) is 7.26. The molecule has 0 amide bonds. The zero-order valence-electron chi connectivity index (χ0n) is 15.9. The lowest BCUT2D eigenvalue weighted by molar-refractivity contribution is 0.0455. The average molecular weight is 357 g/mol. The van der Waals surface area contributed by atoms with Gasteiger partial charge < -0.3 is 9.64 Å². The van der Waals surface area contributed by atoms with Gasteiger partial charge >= 0.3 is 5.97 Å². The largest absolute Gasteiger partial charge is 0.449 e.